The third-order valence-corrected chi connectivity index (χ3v) is 6.56. The van der Waals surface area contributed by atoms with Crippen LogP contribution < -0.4 is 9.75 Å². The molecule has 0 saturated carbocycles. The SMILES string of the molecule is CN(C)CCCOc1ccc(N2N=C3c4ccccc4SCC3CC2=O)cc1.O=C(O)/C=C/C(=O)O. The number of benzene rings is 2. The first-order valence-corrected chi connectivity index (χ1v) is 12.4. The molecule has 190 valence electrons. The second-order valence-corrected chi connectivity index (χ2v) is 9.47. The van der Waals surface area contributed by atoms with Gasteiger partial charge in [-0.3, -0.25) is 4.79 Å². The lowest BCUT2D eigenvalue weighted by atomic mass is 9.93. The minimum atomic E-state index is -1.26. The molecule has 2 aromatic rings. The fourth-order valence-electron chi connectivity index (χ4n) is 3.64. The Labute approximate surface area is 214 Å². The molecule has 10 heteroatoms. The van der Waals surface area contributed by atoms with Gasteiger partial charge in [-0.05, 0) is 50.8 Å². The second-order valence-electron chi connectivity index (χ2n) is 8.41. The van der Waals surface area contributed by atoms with Gasteiger partial charge in [0.2, 0.25) is 5.91 Å². The van der Waals surface area contributed by atoms with Crippen molar-refractivity contribution in [3.05, 3.63) is 66.2 Å². The monoisotopic (exact) mass is 511 g/mol. The van der Waals surface area contributed by atoms with Gasteiger partial charge in [-0.1, -0.05) is 18.2 Å². The Morgan fingerprint density at radius 2 is 1.78 bits per heavy atom. The number of carboxylic acids is 2. The zero-order valence-corrected chi connectivity index (χ0v) is 21.0. The fourth-order valence-corrected chi connectivity index (χ4v) is 4.80. The number of carbonyl (C=O) groups excluding carboxylic acids is 1. The van der Waals surface area contributed by atoms with Gasteiger partial charge in [-0.2, -0.15) is 5.10 Å². The highest BCUT2D eigenvalue weighted by Crippen LogP contribution is 2.37. The first kappa shape index (κ1) is 27.0. The molecule has 2 heterocycles. The number of carboxylic acid groups (broad SMARTS) is 2. The normalized spacial score (nSPS) is 16.5. The molecule has 2 aliphatic rings. The van der Waals surface area contributed by atoms with Crippen LogP contribution in [0.15, 0.2) is 70.7 Å². The van der Waals surface area contributed by atoms with E-state index in [9.17, 15) is 14.4 Å². The topological polar surface area (TPSA) is 120 Å². The number of anilines is 1. The molecule has 0 saturated heterocycles. The van der Waals surface area contributed by atoms with Crippen LogP contribution in [-0.2, 0) is 14.4 Å². The van der Waals surface area contributed by atoms with E-state index >= 15 is 0 Å². The molecule has 0 bridgehead atoms. The zero-order chi connectivity index (χ0) is 26.1. The van der Waals surface area contributed by atoms with E-state index in [1.54, 1.807) is 5.01 Å². The van der Waals surface area contributed by atoms with Crippen LogP contribution in [0, 0.1) is 5.92 Å². The van der Waals surface area contributed by atoms with E-state index in [4.69, 9.17) is 20.1 Å². The maximum Gasteiger partial charge on any atom is 0.328 e. The third-order valence-electron chi connectivity index (χ3n) is 5.32. The van der Waals surface area contributed by atoms with Gasteiger partial charge in [0.15, 0.2) is 0 Å². The lowest BCUT2D eigenvalue weighted by Gasteiger charge is -2.33. The number of amides is 1. The van der Waals surface area contributed by atoms with Crippen LogP contribution in [0.3, 0.4) is 0 Å². The van der Waals surface area contributed by atoms with Crippen LogP contribution in [0.4, 0.5) is 5.69 Å². The predicted molar refractivity (Wildman–Crippen MR) is 139 cm³/mol. The summed E-state index contributed by atoms with van der Waals surface area (Å²) in [4.78, 5) is 35.2. The number of thioether (sulfide) groups is 1. The van der Waals surface area contributed by atoms with Crippen LogP contribution in [0.25, 0.3) is 0 Å². The third kappa shape index (κ3) is 7.69. The number of nitrogens with zero attached hydrogens (tertiary/aromatic N) is 3. The van der Waals surface area contributed by atoms with Crippen LogP contribution >= 0.6 is 11.8 Å². The van der Waals surface area contributed by atoms with Gasteiger partial charge >= 0.3 is 11.9 Å². The Kier molecular flexibility index (Phi) is 9.66. The summed E-state index contributed by atoms with van der Waals surface area (Å²) in [6.07, 6.45) is 2.60. The average Bonchev–Trinajstić information content (AvgIpc) is 2.85. The summed E-state index contributed by atoms with van der Waals surface area (Å²) in [7, 11) is 4.11. The highest BCUT2D eigenvalue weighted by Gasteiger charge is 2.34. The average molecular weight is 512 g/mol. The standard InChI is InChI=1S/C22H25N3O2S.C4H4O4/c1-24(2)12-5-13-27-18-10-8-17(9-11-18)25-21(26)14-16-15-28-20-7-4-3-6-19(20)22(16)23-25;5-3(6)1-2-4(7)8/h3-4,6-11,16H,5,12-15H2,1-2H3;1-2H,(H,5,6)(H,7,8)/b;2-1+. The van der Waals surface area contributed by atoms with Crippen molar-refractivity contribution in [1.82, 2.24) is 4.90 Å². The molecular formula is C26H29N3O6S. The fraction of sp³-hybridized carbons (Fsp3) is 0.308. The second kappa shape index (κ2) is 12.9. The molecule has 2 N–H and O–H groups in total. The maximum absolute atomic E-state index is 12.7. The van der Waals surface area contributed by atoms with Crippen molar-refractivity contribution in [3.63, 3.8) is 0 Å². The van der Waals surface area contributed by atoms with E-state index in [0.717, 1.165) is 41.4 Å². The van der Waals surface area contributed by atoms with Crippen LogP contribution in [-0.4, -0.2) is 71.7 Å². The summed E-state index contributed by atoms with van der Waals surface area (Å²) in [6, 6.07) is 16.0. The number of hydrogen-bond acceptors (Lipinski definition) is 7. The maximum atomic E-state index is 12.7. The molecule has 0 spiro atoms. The van der Waals surface area contributed by atoms with E-state index in [-0.39, 0.29) is 11.8 Å². The molecule has 2 aliphatic heterocycles. The van der Waals surface area contributed by atoms with Crippen molar-refractivity contribution in [3.8, 4) is 5.75 Å². The van der Waals surface area contributed by atoms with Crippen molar-refractivity contribution in [2.24, 2.45) is 11.0 Å². The number of aliphatic carboxylic acids is 2. The highest BCUT2D eigenvalue weighted by atomic mass is 32.2. The molecular weight excluding hydrogens is 482 g/mol. The summed E-state index contributed by atoms with van der Waals surface area (Å²) in [5, 5.41) is 21.9. The van der Waals surface area contributed by atoms with Crippen LogP contribution in [0.1, 0.15) is 18.4 Å². The van der Waals surface area contributed by atoms with E-state index in [1.165, 1.54) is 4.90 Å². The molecule has 0 aromatic heterocycles. The Morgan fingerprint density at radius 3 is 2.42 bits per heavy atom. The molecule has 0 fully saturated rings. The number of hydrazone groups is 1. The Balaban J connectivity index is 0.000000392. The van der Waals surface area contributed by atoms with Crippen LogP contribution in [0.5, 0.6) is 5.75 Å². The van der Waals surface area contributed by atoms with Gasteiger partial charge in [0.25, 0.3) is 0 Å². The number of carbonyl (C=O) groups is 3. The minimum absolute atomic E-state index is 0.0494. The van der Waals surface area contributed by atoms with Gasteiger partial charge in [-0.25, -0.2) is 14.6 Å². The zero-order valence-electron chi connectivity index (χ0n) is 20.2. The first-order chi connectivity index (χ1) is 17.2. The van der Waals surface area contributed by atoms with Gasteiger partial charge in [0.1, 0.15) is 5.75 Å². The lowest BCUT2D eigenvalue weighted by Crippen LogP contribution is -2.39. The van der Waals surface area contributed by atoms with Crippen molar-refractivity contribution in [2.45, 2.75) is 17.7 Å². The van der Waals surface area contributed by atoms with E-state index in [2.05, 4.69) is 37.2 Å². The summed E-state index contributed by atoms with van der Waals surface area (Å²) in [5.74, 6) is -0.539. The Hall–Kier alpha value is -3.63. The Morgan fingerprint density at radius 1 is 1.11 bits per heavy atom. The number of rotatable bonds is 8. The molecule has 1 unspecified atom stereocenters. The van der Waals surface area contributed by atoms with Crippen molar-refractivity contribution >= 4 is 41.0 Å². The summed E-state index contributed by atoms with van der Waals surface area (Å²) in [5.41, 5.74) is 2.97. The molecule has 4 rings (SSSR count). The molecule has 0 radical (unpaired) electrons. The highest BCUT2D eigenvalue weighted by molar-refractivity contribution is 7.99. The minimum Gasteiger partial charge on any atom is -0.494 e. The van der Waals surface area contributed by atoms with Crippen molar-refractivity contribution in [2.75, 3.05) is 38.0 Å². The Bertz CT molecular complexity index is 1130. The van der Waals surface area contributed by atoms with Crippen molar-refractivity contribution < 1.29 is 29.3 Å². The summed E-state index contributed by atoms with van der Waals surface area (Å²) in [6.45, 7) is 1.68. The molecule has 36 heavy (non-hydrogen) atoms. The van der Waals surface area contributed by atoms with E-state index < -0.39 is 11.9 Å². The van der Waals surface area contributed by atoms with Crippen LogP contribution in [0.2, 0.25) is 0 Å². The van der Waals surface area contributed by atoms with Gasteiger partial charge in [-0.15, -0.1) is 11.8 Å². The molecule has 1 atom stereocenters. The molecule has 2 aromatic carbocycles. The molecule has 9 nitrogen and oxygen atoms in total. The largest absolute Gasteiger partial charge is 0.494 e. The lowest BCUT2D eigenvalue weighted by molar-refractivity contribution is -0.134. The number of hydrogen-bond donors (Lipinski definition) is 2. The smallest absolute Gasteiger partial charge is 0.328 e. The van der Waals surface area contributed by atoms with Gasteiger partial charge in [0, 0.05) is 47.2 Å². The van der Waals surface area contributed by atoms with Gasteiger partial charge < -0.3 is 19.8 Å². The first-order valence-electron chi connectivity index (χ1n) is 11.4. The number of ether oxygens (including phenoxy) is 1. The van der Waals surface area contributed by atoms with E-state index in [0.29, 0.717) is 25.2 Å². The number of fused-ring (bicyclic) bond motifs is 3. The van der Waals surface area contributed by atoms with Crippen molar-refractivity contribution in [1.29, 1.82) is 0 Å². The molecule has 0 aliphatic carbocycles. The van der Waals surface area contributed by atoms with Gasteiger partial charge in [0.05, 0.1) is 18.0 Å². The summed E-state index contributed by atoms with van der Waals surface area (Å²) >= 11 is 1.82. The predicted octanol–water partition coefficient (Wildman–Crippen LogP) is 3.59. The quantitative estimate of drug-likeness (QED) is 0.408. The summed E-state index contributed by atoms with van der Waals surface area (Å²) < 4.78 is 5.79. The molecule has 1 amide bonds. The van der Waals surface area contributed by atoms with E-state index in [1.807, 2.05) is 42.1 Å².